The molecule has 11 heteroatoms. The third kappa shape index (κ3) is 4.41. The second kappa shape index (κ2) is 7.66. The Morgan fingerprint density at radius 3 is 2.07 bits per heavy atom. The maximum Gasteiger partial charge on any atom is 0.416 e. The van der Waals surface area contributed by atoms with Crippen molar-refractivity contribution < 1.29 is 31.1 Å². The molecule has 3 nitrogen and oxygen atoms in total. The van der Waals surface area contributed by atoms with E-state index < -0.39 is 40.4 Å². The van der Waals surface area contributed by atoms with Crippen molar-refractivity contribution in [2.45, 2.75) is 31.6 Å². The van der Waals surface area contributed by atoms with Gasteiger partial charge in [-0.2, -0.15) is 26.3 Å². The van der Waals surface area contributed by atoms with Crippen molar-refractivity contribution in [1.82, 2.24) is 4.98 Å². The molecule has 0 saturated heterocycles. The molecule has 0 unspecified atom stereocenters. The molecule has 30 heavy (non-hydrogen) atoms. The number of nitrogens with zero attached hydrogens (tertiary/aromatic N) is 1. The van der Waals surface area contributed by atoms with Crippen LogP contribution in [0.2, 0.25) is 0 Å². The number of carbonyl (C=O) groups is 1. The van der Waals surface area contributed by atoms with E-state index >= 15 is 0 Å². The smallest absolute Gasteiger partial charge is 0.323 e. The van der Waals surface area contributed by atoms with Gasteiger partial charge in [0.05, 0.1) is 29.8 Å². The normalized spacial score (nSPS) is 13.0. The van der Waals surface area contributed by atoms with Crippen LogP contribution in [0.3, 0.4) is 0 Å². The Balaban J connectivity index is 2.05. The molecule has 3 rings (SSSR count). The molecule has 1 N–H and O–H groups in total. The van der Waals surface area contributed by atoms with Crippen molar-refractivity contribution in [3.63, 3.8) is 0 Å². The fourth-order valence-corrected chi connectivity index (χ4v) is 4.74. The lowest BCUT2D eigenvalue weighted by atomic mass is 9.81. The van der Waals surface area contributed by atoms with Crippen LogP contribution < -0.4 is 5.32 Å². The van der Waals surface area contributed by atoms with E-state index in [9.17, 15) is 31.1 Å². The standard InChI is InChI=1S/C19H13F6IN2OS/c1-17(2,9-5-10(18(20,21)22)7-11(6-9)19(23,24)25)16(29)28-14-12-3-4-27-8-13(12)30-15(14)26/h3-8H,1-2H3,(H,28,29). The Bertz CT molecular complexity index is 1090. The number of amides is 1. The number of benzene rings is 1. The fourth-order valence-electron chi connectivity index (χ4n) is 2.75. The summed E-state index contributed by atoms with van der Waals surface area (Å²) >= 11 is 3.35. The molecule has 0 bridgehead atoms. The first-order valence-corrected chi connectivity index (χ1v) is 10.2. The van der Waals surface area contributed by atoms with E-state index in [1.165, 1.54) is 31.4 Å². The monoisotopic (exact) mass is 558 g/mol. The number of hydrogen-bond acceptors (Lipinski definition) is 3. The van der Waals surface area contributed by atoms with Crippen molar-refractivity contribution in [2.24, 2.45) is 0 Å². The predicted octanol–water partition coefficient (Wildman–Crippen LogP) is 6.85. The number of nitrogens with one attached hydrogen (secondary N) is 1. The largest absolute Gasteiger partial charge is 0.416 e. The SMILES string of the molecule is CC(C)(C(=O)Nc1c(I)sc2cnccc12)c1cc(C(F)(F)F)cc(C(F)(F)F)c1. The van der Waals surface area contributed by atoms with Gasteiger partial charge in [-0.3, -0.25) is 9.78 Å². The Morgan fingerprint density at radius 2 is 1.53 bits per heavy atom. The minimum absolute atomic E-state index is 0.0415. The van der Waals surface area contributed by atoms with Gasteiger partial charge >= 0.3 is 12.4 Å². The average molecular weight is 558 g/mol. The first kappa shape index (κ1) is 22.8. The summed E-state index contributed by atoms with van der Waals surface area (Å²) in [7, 11) is 0. The second-order valence-corrected chi connectivity index (χ2v) is 9.86. The van der Waals surface area contributed by atoms with Gasteiger partial charge in [0.2, 0.25) is 5.91 Å². The topological polar surface area (TPSA) is 42.0 Å². The molecular weight excluding hydrogens is 545 g/mol. The van der Waals surface area contributed by atoms with Gasteiger partial charge in [0.25, 0.3) is 0 Å². The number of thiophene rings is 1. The molecule has 1 aromatic carbocycles. The van der Waals surface area contributed by atoms with Crippen molar-refractivity contribution in [3.8, 4) is 0 Å². The lowest BCUT2D eigenvalue weighted by Crippen LogP contribution is -2.35. The minimum Gasteiger partial charge on any atom is -0.323 e. The lowest BCUT2D eigenvalue weighted by molar-refractivity contribution is -0.143. The summed E-state index contributed by atoms with van der Waals surface area (Å²) in [5.41, 5.74) is -4.55. The van der Waals surface area contributed by atoms with Gasteiger partial charge in [-0.1, -0.05) is 0 Å². The Hall–Kier alpha value is -1.89. The summed E-state index contributed by atoms with van der Waals surface area (Å²) in [5.74, 6) is -0.732. The van der Waals surface area contributed by atoms with Gasteiger partial charge in [0.1, 0.15) is 0 Å². The van der Waals surface area contributed by atoms with Gasteiger partial charge in [0.15, 0.2) is 0 Å². The molecule has 0 aliphatic carbocycles. The number of carbonyl (C=O) groups excluding carboxylic acids is 1. The molecule has 0 fully saturated rings. The molecule has 0 spiro atoms. The molecule has 2 heterocycles. The molecule has 0 atom stereocenters. The van der Waals surface area contributed by atoms with Crippen LogP contribution in [0.1, 0.15) is 30.5 Å². The molecule has 2 aromatic heterocycles. The van der Waals surface area contributed by atoms with Crippen molar-refractivity contribution in [2.75, 3.05) is 5.32 Å². The second-order valence-electron chi connectivity index (χ2n) is 7.00. The van der Waals surface area contributed by atoms with E-state index in [4.69, 9.17) is 0 Å². The number of halogens is 7. The zero-order valence-corrected chi connectivity index (χ0v) is 18.3. The van der Waals surface area contributed by atoms with Gasteiger partial charge < -0.3 is 5.32 Å². The highest BCUT2D eigenvalue weighted by atomic mass is 127. The van der Waals surface area contributed by atoms with E-state index in [1.54, 1.807) is 12.3 Å². The highest BCUT2D eigenvalue weighted by Crippen LogP contribution is 2.40. The third-order valence-corrected chi connectivity index (χ3v) is 6.69. The summed E-state index contributed by atoms with van der Waals surface area (Å²) < 4.78 is 80.6. The number of anilines is 1. The molecule has 1 amide bonds. The van der Waals surface area contributed by atoms with Gasteiger partial charge in [-0.15, -0.1) is 11.3 Å². The maximum absolute atomic E-state index is 13.2. The van der Waals surface area contributed by atoms with Crippen LogP contribution in [0, 0.1) is 2.88 Å². The lowest BCUT2D eigenvalue weighted by Gasteiger charge is -2.26. The summed E-state index contributed by atoms with van der Waals surface area (Å²) in [6.45, 7) is 2.56. The van der Waals surface area contributed by atoms with Gasteiger partial charge in [-0.25, -0.2) is 0 Å². The van der Waals surface area contributed by atoms with Crippen LogP contribution in [0.4, 0.5) is 32.0 Å². The fraction of sp³-hybridized carbons (Fsp3) is 0.263. The number of fused-ring (bicyclic) bond motifs is 1. The van der Waals surface area contributed by atoms with Crippen LogP contribution in [0.25, 0.3) is 10.1 Å². The van der Waals surface area contributed by atoms with Crippen LogP contribution in [0.5, 0.6) is 0 Å². The zero-order chi connectivity index (χ0) is 22.5. The first-order valence-electron chi connectivity index (χ1n) is 8.34. The molecule has 0 aliphatic heterocycles. The molecule has 0 saturated carbocycles. The van der Waals surface area contributed by atoms with Crippen molar-refractivity contribution in [3.05, 3.63) is 56.2 Å². The highest BCUT2D eigenvalue weighted by Gasteiger charge is 2.40. The predicted molar refractivity (Wildman–Crippen MR) is 110 cm³/mol. The molecular formula is C19H13F6IN2OS. The van der Waals surface area contributed by atoms with Crippen molar-refractivity contribution in [1.29, 1.82) is 0 Å². The summed E-state index contributed by atoms with van der Waals surface area (Å²) in [4.78, 5) is 17.0. The van der Waals surface area contributed by atoms with Crippen molar-refractivity contribution >= 4 is 55.6 Å². The summed E-state index contributed by atoms with van der Waals surface area (Å²) in [6.07, 6.45) is -6.86. The maximum atomic E-state index is 13.2. The van der Waals surface area contributed by atoms with Gasteiger partial charge in [0, 0.05) is 17.8 Å². The minimum atomic E-state index is -4.99. The van der Waals surface area contributed by atoms with E-state index in [-0.39, 0.29) is 6.07 Å². The summed E-state index contributed by atoms with van der Waals surface area (Å²) in [6, 6.07) is 2.87. The van der Waals surface area contributed by atoms with E-state index in [0.29, 0.717) is 26.1 Å². The quantitative estimate of drug-likeness (QED) is 0.282. The molecule has 3 aromatic rings. The average Bonchev–Trinajstić information content (AvgIpc) is 2.95. The molecule has 160 valence electrons. The van der Waals surface area contributed by atoms with Crippen LogP contribution in [-0.2, 0) is 22.6 Å². The third-order valence-electron chi connectivity index (χ3n) is 4.57. The Labute approximate surface area is 184 Å². The number of hydrogen-bond donors (Lipinski definition) is 1. The van der Waals surface area contributed by atoms with Crippen LogP contribution in [0.15, 0.2) is 36.7 Å². The summed E-state index contributed by atoms with van der Waals surface area (Å²) in [5, 5.41) is 3.35. The first-order chi connectivity index (χ1) is 13.7. The molecule has 0 radical (unpaired) electrons. The Morgan fingerprint density at radius 1 is 1.00 bits per heavy atom. The van der Waals surface area contributed by atoms with Crippen LogP contribution >= 0.6 is 33.9 Å². The van der Waals surface area contributed by atoms with E-state index in [0.717, 1.165) is 4.70 Å². The van der Waals surface area contributed by atoms with Gasteiger partial charge in [-0.05, 0) is 66.3 Å². The number of rotatable bonds is 3. The highest BCUT2D eigenvalue weighted by molar-refractivity contribution is 14.1. The number of pyridine rings is 1. The van der Waals surface area contributed by atoms with E-state index in [2.05, 4.69) is 10.3 Å². The molecule has 0 aliphatic rings. The number of alkyl halides is 6. The Kier molecular flexibility index (Phi) is 5.82. The van der Waals surface area contributed by atoms with E-state index in [1.807, 2.05) is 22.6 Å². The number of aromatic nitrogens is 1. The zero-order valence-electron chi connectivity index (χ0n) is 15.4. The van der Waals surface area contributed by atoms with Crippen LogP contribution in [-0.4, -0.2) is 10.9 Å².